The van der Waals surface area contributed by atoms with Crippen LogP contribution in [0.5, 0.6) is 0 Å². The summed E-state index contributed by atoms with van der Waals surface area (Å²) in [4.78, 5) is 0. The Labute approximate surface area is 188 Å². The predicted molar refractivity (Wildman–Crippen MR) is 123 cm³/mol. The molecule has 4 heteroatoms. The van der Waals surface area contributed by atoms with E-state index in [1.807, 2.05) is 24.3 Å². The molecule has 4 rings (SSSR count). The van der Waals surface area contributed by atoms with Crippen molar-refractivity contribution in [3.8, 4) is 22.3 Å². The van der Waals surface area contributed by atoms with Crippen LogP contribution in [0.3, 0.4) is 0 Å². The van der Waals surface area contributed by atoms with Crippen LogP contribution in [-0.2, 0) is 11.2 Å². The van der Waals surface area contributed by atoms with E-state index in [-0.39, 0.29) is 17.3 Å². The molecule has 0 aromatic heterocycles. The molecule has 0 bridgehead atoms. The van der Waals surface area contributed by atoms with Gasteiger partial charge in [-0.2, -0.15) is 0 Å². The van der Waals surface area contributed by atoms with Gasteiger partial charge in [-0.15, -0.1) is 0 Å². The van der Waals surface area contributed by atoms with Gasteiger partial charge in [0.25, 0.3) is 0 Å². The van der Waals surface area contributed by atoms with Gasteiger partial charge >= 0.3 is 0 Å². The lowest BCUT2D eigenvalue weighted by atomic mass is 9.89. The van der Waals surface area contributed by atoms with E-state index >= 15 is 0 Å². The fourth-order valence-corrected chi connectivity index (χ4v) is 4.57. The number of halogens is 3. The largest absolute Gasteiger partial charge is 0.378 e. The minimum Gasteiger partial charge on any atom is -0.378 e. The first kappa shape index (κ1) is 22.6. The van der Waals surface area contributed by atoms with Gasteiger partial charge in [0.2, 0.25) is 0 Å². The monoisotopic (exact) mass is 438 g/mol. The molecule has 1 saturated heterocycles. The number of hydrogen-bond donors (Lipinski definition) is 0. The Morgan fingerprint density at radius 1 is 0.812 bits per heavy atom. The highest BCUT2D eigenvalue weighted by Crippen LogP contribution is 2.34. The Kier molecular flexibility index (Phi) is 7.00. The smallest absolute Gasteiger partial charge is 0.166 e. The lowest BCUT2D eigenvalue weighted by Gasteiger charge is -2.29. The lowest BCUT2D eigenvalue weighted by molar-refractivity contribution is -0.00172. The topological polar surface area (TPSA) is 9.23 Å². The van der Waals surface area contributed by atoms with Crippen LogP contribution in [0.1, 0.15) is 56.6 Å². The molecule has 1 aliphatic rings. The molecular formula is C28H29F3O. The maximum atomic E-state index is 14.9. The van der Waals surface area contributed by atoms with E-state index in [9.17, 15) is 13.2 Å². The summed E-state index contributed by atoms with van der Waals surface area (Å²) in [5.41, 5.74) is 3.47. The molecule has 1 nitrogen and oxygen atoms in total. The first-order chi connectivity index (χ1) is 15.5. The van der Waals surface area contributed by atoms with Crippen molar-refractivity contribution in [1.29, 1.82) is 0 Å². The molecule has 0 N–H and O–H groups in total. The Morgan fingerprint density at radius 3 is 2.16 bits per heavy atom. The fourth-order valence-electron chi connectivity index (χ4n) is 4.57. The van der Waals surface area contributed by atoms with Gasteiger partial charge in [0.1, 0.15) is 5.82 Å². The Hall–Kier alpha value is -2.59. The molecule has 0 spiro atoms. The van der Waals surface area contributed by atoms with E-state index in [0.717, 1.165) is 36.8 Å². The van der Waals surface area contributed by atoms with Crippen LogP contribution in [0.15, 0.2) is 54.6 Å². The van der Waals surface area contributed by atoms with Crippen LogP contribution in [0.2, 0.25) is 0 Å². The third-order valence-electron chi connectivity index (χ3n) is 6.49. The van der Waals surface area contributed by atoms with Gasteiger partial charge in [-0.05, 0) is 59.6 Å². The van der Waals surface area contributed by atoms with Crippen LogP contribution in [-0.4, -0.2) is 12.7 Å². The van der Waals surface area contributed by atoms with Gasteiger partial charge in [-0.1, -0.05) is 68.8 Å². The van der Waals surface area contributed by atoms with Crippen molar-refractivity contribution in [1.82, 2.24) is 0 Å². The summed E-state index contributed by atoms with van der Waals surface area (Å²) in [6.45, 7) is 4.51. The van der Waals surface area contributed by atoms with Gasteiger partial charge in [-0.3, -0.25) is 0 Å². The second-order valence-electron chi connectivity index (χ2n) is 8.59. The summed E-state index contributed by atoms with van der Waals surface area (Å²) < 4.78 is 49.5. The first-order valence-corrected chi connectivity index (χ1v) is 11.5. The molecule has 0 saturated carbocycles. The SMILES string of the molecule is CCCC1CCC(c2ccc(-c3ccc(-c4ccc(CC)c(F)c4F)cc3)cc2F)CO1. The van der Waals surface area contributed by atoms with E-state index in [1.165, 1.54) is 0 Å². The van der Waals surface area contributed by atoms with Gasteiger partial charge in [0.05, 0.1) is 12.7 Å². The van der Waals surface area contributed by atoms with Gasteiger partial charge < -0.3 is 4.74 Å². The van der Waals surface area contributed by atoms with Crippen molar-refractivity contribution in [2.75, 3.05) is 6.61 Å². The minimum absolute atomic E-state index is 0.0866. The fraction of sp³-hybridized carbons (Fsp3) is 0.357. The molecule has 3 aromatic carbocycles. The molecule has 168 valence electrons. The van der Waals surface area contributed by atoms with E-state index in [0.29, 0.717) is 35.8 Å². The highest BCUT2D eigenvalue weighted by Gasteiger charge is 2.24. The van der Waals surface area contributed by atoms with Gasteiger partial charge in [0.15, 0.2) is 11.6 Å². The number of ether oxygens (including phenoxy) is 1. The van der Waals surface area contributed by atoms with Crippen LogP contribution < -0.4 is 0 Å². The van der Waals surface area contributed by atoms with Crippen molar-refractivity contribution in [3.63, 3.8) is 0 Å². The molecule has 32 heavy (non-hydrogen) atoms. The Morgan fingerprint density at radius 2 is 1.53 bits per heavy atom. The van der Waals surface area contributed by atoms with Crippen molar-refractivity contribution in [2.45, 2.75) is 58.0 Å². The molecule has 1 heterocycles. The highest BCUT2D eigenvalue weighted by atomic mass is 19.2. The zero-order chi connectivity index (χ0) is 22.7. The highest BCUT2D eigenvalue weighted by molar-refractivity contribution is 5.71. The number of hydrogen-bond acceptors (Lipinski definition) is 1. The Bertz CT molecular complexity index is 1070. The molecule has 1 aliphatic heterocycles. The third kappa shape index (κ3) is 4.61. The van der Waals surface area contributed by atoms with Crippen LogP contribution in [0.4, 0.5) is 13.2 Å². The zero-order valence-corrected chi connectivity index (χ0v) is 18.6. The number of rotatable bonds is 6. The van der Waals surface area contributed by atoms with Gasteiger partial charge in [0, 0.05) is 11.5 Å². The predicted octanol–water partition coefficient (Wildman–Crippen LogP) is 8.06. The number of aryl methyl sites for hydroxylation is 1. The molecule has 0 radical (unpaired) electrons. The molecule has 0 aliphatic carbocycles. The summed E-state index contributed by atoms with van der Waals surface area (Å²) in [6.07, 6.45) is 4.81. The van der Waals surface area contributed by atoms with Crippen molar-refractivity contribution < 1.29 is 17.9 Å². The van der Waals surface area contributed by atoms with E-state index in [2.05, 4.69) is 6.92 Å². The van der Waals surface area contributed by atoms with Crippen molar-refractivity contribution in [3.05, 3.63) is 83.2 Å². The quantitative estimate of drug-likeness (QED) is 0.378. The molecule has 2 unspecified atom stereocenters. The van der Waals surface area contributed by atoms with Crippen LogP contribution in [0, 0.1) is 17.5 Å². The van der Waals surface area contributed by atoms with Gasteiger partial charge in [-0.25, -0.2) is 13.2 Å². The standard InChI is InChI=1S/C28H29F3O/c1-3-5-23-13-10-22(17-32-23)24-14-12-21(16-26(24)29)19-6-8-20(9-7-19)25-15-11-18(4-2)27(30)28(25)31/h6-9,11-12,14-16,22-23H,3-5,10,13,17H2,1-2H3. The average Bonchev–Trinajstić information content (AvgIpc) is 2.82. The normalized spacial score (nSPS) is 18.7. The summed E-state index contributed by atoms with van der Waals surface area (Å²) in [5.74, 6) is -1.76. The molecular weight excluding hydrogens is 409 g/mol. The summed E-state index contributed by atoms with van der Waals surface area (Å²) in [7, 11) is 0. The average molecular weight is 439 g/mol. The second-order valence-corrected chi connectivity index (χ2v) is 8.59. The van der Waals surface area contributed by atoms with Crippen LogP contribution >= 0.6 is 0 Å². The number of benzene rings is 3. The van der Waals surface area contributed by atoms with Crippen LogP contribution in [0.25, 0.3) is 22.3 Å². The van der Waals surface area contributed by atoms with Crippen molar-refractivity contribution >= 4 is 0 Å². The van der Waals surface area contributed by atoms with E-state index < -0.39 is 11.6 Å². The third-order valence-corrected chi connectivity index (χ3v) is 6.49. The molecule has 2 atom stereocenters. The summed E-state index contributed by atoms with van der Waals surface area (Å²) in [5, 5.41) is 0. The maximum Gasteiger partial charge on any atom is 0.166 e. The Balaban J connectivity index is 1.52. The summed E-state index contributed by atoms with van der Waals surface area (Å²) >= 11 is 0. The zero-order valence-electron chi connectivity index (χ0n) is 18.6. The maximum absolute atomic E-state index is 14.9. The molecule has 3 aromatic rings. The summed E-state index contributed by atoms with van der Waals surface area (Å²) in [6, 6.07) is 15.7. The second kappa shape index (κ2) is 9.91. The first-order valence-electron chi connectivity index (χ1n) is 11.5. The van der Waals surface area contributed by atoms with Crippen molar-refractivity contribution in [2.24, 2.45) is 0 Å². The lowest BCUT2D eigenvalue weighted by Crippen LogP contribution is -2.25. The van der Waals surface area contributed by atoms with E-state index in [1.54, 1.807) is 37.3 Å². The minimum atomic E-state index is -0.830. The molecule has 0 amide bonds. The molecule has 1 fully saturated rings. The van der Waals surface area contributed by atoms with E-state index in [4.69, 9.17) is 4.74 Å².